The number of aryl methyl sites for hydroxylation is 2. The molecule has 9 heteroatoms. The van der Waals surface area contributed by atoms with Crippen molar-refractivity contribution in [2.75, 3.05) is 11.9 Å². The Hall–Kier alpha value is -3.46. The second-order valence-electron chi connectivity index (χ2n) is 9.51. The Bertz CT molecular complexity index is 1190. The van der Waals surface area contributed by atoms with Crippen molar-refractivity contribution in [1.29, 1.82) is 0 Å². The number of pyridine rings is 1. The van der Waals surface area contributed by atoms with Gasteiger partial charge in [-0.25, -0.2) is 4.98 Å². The van der Waals surface area contributed by atoms with Gasteiger partial charge in [0.15, 0.2) is 0 Å². The van der Waals surface area contributed by atoms with Crippen LogP contribution >= 0.6 is 0 Å². The maximum atomic E-state index is 13.4. The van der Waals surface area contributed by atoms with Crippen molar-refractivity contribution in [3.05, 3.63) is 53.3 Å². The predicted molar refractivity (Wildman–Crippen MR) is 132 cm³/mol. The molecular weight excluding hydrogens is 444 g/mol. The Labute approximate surface area is 204 Å². The van der Waals surface area contributed by atoms with Crippen LogP contribution in [0.4, 0.5) is 5.82 Å². The Morgan fingerprint density at radius 3 is 2.69 bits per heavy atom. The fourth-order valence-corrected chi connectivity index (χ4v) is 5.33. The molecule has 2 amide bonds. The van der Waals surface area contributed by atoms with Gasteiger partial charge in [0, 0.05) is 42.7 Å². The first kappa shape index (κ1) is 23.3. The lowest BCUT2D eigenvalue weighted by Crippen LogP contribution is -2.49. The first-order chi connectivity index (χ1) is 17.0. The van der Waals surface area contributed by atoms with E-state index in [4.69, 9.17) is 4.52 Å². The van der Waals surface area contributed by atoms with Gasteiger partial charge in [-0.05, 0) is 56.9 Å². The summed E-state index contributed by atoms with van der Waals surface area (Å²) >= 11 is 0. The normalized spacial score (nSPS) is 17.0. The predicted octanol–water partition coefficient (Wildman–Crippen LogP) is 3.58. The molecule has 1 saturated carbocycles. The van der Waals surface area contributed by atoms with E-state index in [1.54, 1.807) is 12.3 Å². The molecule has 0 spiro atoms. The van der Waals surface area contributed by atoms with E-state index in [1.165, 1.54) is 6.42 Å². The fraction of sp³-hybridized carbons (Fsp3) is 0.462. The van der Waals surface area contributed by atoms with Crippen LogP contribution in [0, 0.1) is 19.8 Å². The molecule has 0 aromatic carbocycles. The highest BCUT2D eigenvalue weighted by molar-refractivity contribution is 6.00. The third kappa shape index (κ3) is 4.86. The smallest absolute Gasteiger partial charge is 0.268 e. The maximum absolute atomic E-state index is 13.4. The fourth-order valence-electron chi connectivity index (χ4n) is 5.33. The molecule has 0 saturated heterocycles. The molecule has 1 fully saturated rings. The molecule has 3 aromatic heterocycles. The summed E-state index contributed by atoms with van der Waals surface area (Å²) in [5.41, 5.74) is 4.28. The third-order valence-corrected chi connectivity index (χ3v) is 7.15. The molecule has 9 nitrogen and oxygen atoms in total. The lowest BCUT2D eigenvalue weighted by atomic mass is 9.83. The third-order valence-electron chi connectivity index (χ3n) is 7.15. The summed E-state index contributed by atoms with van der Waals surface area (Å²) in [4.78, 5) is 31.1. The molecule has 1 aliphatic carbocycles. The molecule has 35 heavy (non-hydrogen) atoms. The monoisotopic (exact) mass is 476 g/mol. The molecule has 3 aromatic rings. The number of hydrogen-bond donors (Lipinski definition) is 3. The van der Waals surface area contributed by atoms with Crippen molar-refractivity contribution in [2.45, 2.75) is 65.1 Å². The van der Waals surface area contributed by atoms with E-state index in [1.807, 2.05) is 36.6 Å². The van der Waals surface area contributed by atoms with Crippen molar-refractivity contribution >= 4 is 17.6 Å². The minimum atomic E-state index is -0.611. The Kier molecular flexibility index (Phi) is 6.68. The molecule has 1 atom stereocenters. The highest BCUT2D eigenvalue weighted by atomic mass is 16.5. The highest BCUT2D eigenvalue weighted by Gasteiger charge is 2.32. The second-order valence-corrected chi connectivity index (χ2v) is 9.51. The first-order valence-corrected chi connectivity index (χ1v) is 12.4. The van der Waals surface area contributed by atoms with E-state index >= 15 is 0 Å². The van der Waals surface area contributed by atoms with E-state index < -0.39 is 6.04 Å². The SMILES string of the molecule is Cc1noc(C)c1-c1ccc(NC(=O)C(NC(=O)c2ccc3n2CCNC3)C2CCCCC2)nc1. The van der Waals surface area contributed by atoms with Crippen LogP contribution in [-0.4, -0.2) is 39.1 Å². The number of nitrogens with one attached hydrogen (secondary N) is 3. The zero-order valence-corrected chi connectivity index (χ0v) is 20.3. The van der Waals surface area contributed by atoms with E-state index in [0.29, 0.717) is 11.5 Å². The van der Waals surface area contributed by atoms with Gasteiger partial charge in [0.25, 0.3) is 5.91 Å². The lowest BCUT2D eigenvalue weighted by Gasteiger charge is -2.30. The van der Waals surface area contributed by atoms with Crippen LogP contribution in [0.5, 0.6) is 0 Å². The van der Waals surface area contributed by atoms with Crippen LogP contribution in [0.2, 0.25) is 0 Å². The Balaban J connectivity index is 1.33. The van der Waals surface area contributed by atoms with Crippen molar-refractivity contribution < 1.29 is 14.1 Å². The molecule has 1 aliphatic heterocycles. The van der Waals surface area contributed by atoms with Crippen molar-refractivity contribution in [3.63, 3.8) is 0 Å². The average Bonchev–Trinajstić information content (AvgIpc) is 3.46. The van der Waals surface area contributed by atoms with Gasteiger partial charge in [-0.15, -0.1) is 0 Å². The molecule has 0 bridgehead atoms. The molecule has 0 radical (unpaired) electrons. The number of amides is 2. The van der Waals surface area contributed by atoms with Gasteiger partial charge in [-0.3, -0.25) is 9.59 Å². The number of anilines is 1. The van der Waals surface area contributed by atoms with Crippen molar-refractivity contribution in [2.24, 2.45) is 5.92 Å². The standard InChI is InChI=1S/C26H32N6O3/c1-16-23(17(2)35-31-16)19-8-11-22(28-14-19)29-26(34)24(18-6-4-3-5-7-18)30-25(33)21-10-9-20-15-27-12-13-32(20)21/h8-11,14,18,24,27H,3-7,12-13,15H2,1-2H3,(H,30,33)(H,28,29,34). The second kappa shape index (κ2) is 10.0. The number of carbonyl (C=O) groups excluding carboxylic acids is 2. The van der Waals surface area contributed by atoms with Crippen molar-refractivity contribution in [1.82, 2.24) is 25.3 Å². The van der Waals surface area contributed by atoms with Gasteiger partial charge in [0.2, 0.25) is 5.91 Å². The summed E-state index contributed by atoms with van der Waals surface area (Å²) in [5, 5.41) is 13.3. The van der Waals surface area contributed by atoms with Gasteiger partial charge in [-0.2, -0.15) is 0 Å². The minimum absolute atomic E-state index is 0.103. The first-order valence-electron chi connectivity index (χ1n) is 12.4. The van der Waals surface area contributed by atoms with Gasteiger partial charge >= 0.3 is 0 Å². The molecule has 3 N–H and O–H groups in total. The van der Waals surface area contributed by atoms with E-state index in [-0.39, 0.29) is 17.7 Å². The minimum Gasteiger partial charge on any atom is -0.361 e. The van der Waals surface area contributed by atoms with Crippen LogP contribution in [0.3, 0.4) is 0 Å². The molecule has 5 rings (SSSR count). The van der Waals surface area contributed by atoms with E-state index in [9.17, 15) is 9.59 Å². The quantitative estimate of drug-likeness (QED) is 0.501. The van der Waals surface area contributed by atoms with Gasteiger partial charge in [0.1, 0.15) is 23.3 Å². The molecule has 4 heterocycles. The maximum Gasteiger partial charge on any atom is 0.268 e. The van der Waals surface area contributed by atoms with Crippen molar-refractivity contribution in [3.8, 4) is 11.1 Å². The summed E-state index contributed by atoms with van der Waals surface area (Å²) in [6.45, 7) is 6.06. The largest absolute Gasteiger partial charge is 0.361 e. The van der Waals surface area contributed by atoms with Crippen LogP contribution in [0.15, 0.2) is 35.0 Å². The van der Waals surface area contributed by atoms with Gasteiger partial charge < -0.3 is 25.0 Å². The highest BCUT2D eigenvalue weighted by Crippen LogP contribution is 2.29. The van der Waals surface area contributed by atoms with Crippen LogP contribution in [-0.2, 0) is 17.9 Å². The summed E-state index contributed by atoms with van der Waals surface area (Å²) < 4.78 is 7.29. The average molecular weight is 477 g/mol. The Morgan fingerprint density at radius 1 is 1.14 bits per heavy atom. The molecule has 1 unspecified atom stereocenters. The van der Waals surface area contributed by atoms with Crippen LogP contribution in [0.25, 0.3) is 11.1 Å². The summed E-state index contributed by atoms with van der Waals surface area (Å²) in [6, 6.07) is 6.88. The zero-order valence-electron chi connectivity index (χ0n) is 20.3. The molecule has 184 valence electrons. The summed E-state index contributed by atoms with van der Waals surface area (Å²) in [5.74, 6) is 0.850. The number of carbonyl (C=O) groups is 2. The van der Waals surface area contributed by atoms with Crippen LogP contribution < -0.4 is 16.0 Å². The van der Waals surface area contributed by atoms with Gasteiger partial charge in [-0.1, -0.05) is 24.4 Å². The summed E-state index contributed by atoms with van der Waals surface area (Å²) in [6.07, 6.45) is 6.86. The molecular formula is C26H32N6O3. The summed E-state index contributed by atoms with van der Waals surface area (Å²) in [7, 11) is 0. The number of nitrogens with zero attached hydrogens (tertiary/aromatic N) is 3. The Morgan fingerprint density at radius 2 is 1.97 bits per heavy atom. The van der Waals surface area contributed by atoms with Crippen LogP contribution in [0.1, 0.15) is 59.7 Å². The number of aromatic nitrogens is 3. The van der Waals surface area contributed by atoms with E-state index in [2.05, 4.69) is 26.1 Å². The van der Waals surface area contributed by atoms with E-state index in [0.717, 1.165) is 73.6 Å². The zero-order chi connectivity index (χ0) is 24.4. The number of rotatable bonds is 6. The molecule has 2 aliphatic rings. The topological polar surface area (TPSA) is 114 Å². The number of fused-ring (bicyclic) bond motifs is 1. The lowest BCUT2D eigenvalue weighted by molar-refractivity contribution is -0.119. The number of hydrogen-bond acceptors (Lipinski definition) is 6. The van der Waals surface area contributed by atoms with Gasteiger partial charge in [0.05, 0.1) is 5.69 Å².